The molecule has 10 unspecified atom stereocenters. The molecule has 3 aliphatic carbocycles. The van der Waals surface area contributed by atoms with Crippen LogP contribution in [0.3, 0.4) is 0 Å². The van der Waals surface area contributed by atoms with Crippen molar-refractivity contribution in [2.75, 3.05) is 6.61 Å². The van der Waals surface area contributed by atoms with Crippen LogP contribution in [0.2, 0.25) is 0 Å². The number of fused-ring (bicyclic) bond motifs is 3. The van der Waals surface area contributed by atoms with E-state index in [4.69, 9.17) is 9.47 Å². The molecule has 1 heterocycles. The molecule has 156 valence electrons. The van der Waals surface area contributed by atoms with Crippen molar-refractivity contribution in [1.29, 1.82) is 0 Å². The van der Waals surface area contributed by atoms with Gasteiger partial charge in [0, 0.05) is 6.61 Å². The van der Waals surface area contributed by atoms with Crippen LogP contribution in [0.5, 0.6) is 0 Å². The Morgan fingerprint density at radius 3 is 2.56 bits per heavy atom. The Morgan fingerprint density at radius 1 is 1.04 bits per heavy atom. The van der Waals surface area contributed by atoms with Crippen molar-refractivity contribution >= 4 is 0 Å². The fourth-order valence-corrected chi connectivity index (χ4v) is 7.19. The number of ether oxygens (including phenoxy) is 2. The predicted octanol–water partition coefficient (Wildman–Crippen LogP) is 4.13. The Labute approximate surface area is 165 Å². The van der Waals surface area contributed by atoms with Gasteiger partial charge < -0.3 is 19.7 Å². The topological polar surface area (TPSA) is 58.9 Å². The van der Waals surface area contributed by atoms with Gasteiger partial charge in [-0.2, -0.15) is 0 Å². The summed E-state index contributed by atoms with van der Waals surface area (Å²) in [4.78, 5) is 0. The summed E-state index contributed by atoms with van der Waals surface area (Å²) < 4.78 is 11.8. The Bertz CT molecular complexity index is 505. The van der Waals surface area contributed by atoms with Crippen molar-refractivity contribution in [2.24, 2.45) is 35.0 Å². The standard InChI is InChI=1S/C23H40O4/c1-14-18-8-6-16-13-17(24)7-9-19(16)20(18)10-11-23(14,3)15(2)27-22(25)21-5-4-12-26-21/h14-22,24-25H,4-13H2,1-3H3. The molecule has 2 N–H and O–H groups in total. The number of hydrogen-bond acceptors (Lipinski definition) is 4. The van der Waals surface area contributed by atoms with Crippen LogP contribution < -0.4 is 0 Å². The average Bonchev–Trinajstić information content (AvgIpc) is 3.19. The summed E-state index contributed by atoms with van der Waals surface area (Å²) in [5.74, 6) is 3.78. The molecule has 0 amide bonds. The van der Waals surface area contributed by atoms with Crippen molar-refractivity contribution in [1.82, 2.24) is 0 Å². The Hall–Kier alpha value is -0.160. The van der Waals surface area contributed by atoms with Crippen molar-refractivity contribution in [3.05, 3.63) is 0 Å². The largest absolute Gasteiger partial charge is 0.393 e. The number of aliphatic hydroxyl groups is 2. The highest BCUT2D eigenvalue weighted by atomic mass is 16.6. The van der Waals surface area contributed by atoms with E-state index >= 15 is 0 Å². The van der Waals surface area contributed by atoms with E-state index in [1.807, 2.05) is 0 Å². The zero-order chi connectivity index (χ0) is 19.2. The molecule has 4 rings (SSSR count). The minimum absolute atomic E-state index is 0.0403. The van der Waals surface area contributed by atoms with Crippen LogP contribution in [0.4, 0.5) is 0 Å². The molecule has 4 nitrogen and oxygen atoms in total. The zero-order valence-corrected chi connectivity index (χ0v) is 17.5. The second kappa shape index (κ2) is 7.93. The second-order valence-electron chi connectivity index (χ2n) is 10.3. The van der Waals surface area contributed by atoms with Gasteiger partial charge in [0.05, 0.1) is 12.2 Å². The SMILES string of the molecule is CC(OC(O)C1CCCO1)C1(C)CCC2C3CCC(O)CC3CCC2C1C. The molecule has 0 aromatic carbocycles. The quantitative estimate of drug-likeness (QED) is 0.720. The minimum atomic E-state index is -0.792. The van der Waals surface area contributed by atoms with Crippen LogP contribution >= 0.6 is 0 Å². The van der Waals surface area contributed by atoms with E-state index in [1.54, 1.807) is 0 Å². The molecule has 1 aliphatic heterocycles. The third-order valence-electron chi connectivity index (χ3n) is 9.24. The summed E-state index contributed by atoms with van der Waals surface area (Å²) >= 11 is 0. The molecule has 0 bridgehead atoms. The van der Waals surface area contributed by atoms with E-state index in [-0.39, 0.29) is 23.7 Å². The fraction of sp³-hybridized carbons (Fsp3) is 1.00. The van der Waals surface area contributed by atoms with Crippen molar-refractivity contribution < 1.29 is 19.7 Å². The molecule has 0 spiro atoms. The van der Waals surface area contributed by atoms with E-state index in [0.717, 1.165) is 56.0 Å². The monoisotopic (exact) mass is 380 g/mol. The Balaban J connectivity index is 1.42. The molecule has 4 fully saturated rings. The lowest BCUT2D eigenvalue weighted by Crippen LogP contribution is -2.52. The summed E-state index contributed by atoms with van der Waals surface area (Å²) in [5, 5.41) is 20.6. The Kier molecular flexibility index (Phi) is 5.91. The summed E-state index contributed by atoms with van der Waals surface area (Å²) in [7, 11) is 0. The maximum Gasteiger partial charge on any atom is 0.181 e. The maximum atomic E-state index is 10.5. The van der Waals surface area contributed by atoms with Crippen LogP contribution in [0, 0.1) is 35.0 Å². The Morgan fingerprint density at radius 2 is 1.81 bits per heavy atom. The lowest BCUT2D eigenvalue weighted by molar-refractivity contribution is -0.225. The summed E-state index contributed by atoms with van der Waals surface area (Å²) in [6, 6.07) is 0. The van der Waals surface area contributed by atoms with Gasteiger partial charge in [0.1, 0.15) is 6.10 Å². The van der Waals surface area contributed by atoms with Gasteiger partial charge in [0.25, 0.3) is 0 Å². The lowest BCUT2D eigenvalue weighted by Gasteiger charge is -2.57. The predicted molar refractivity (Wildman–Crippen MR) is 105 cm³/mol. The lowest BCUT2D eigenvalue weighted by atomic mass is 9.49. The summed E-state index contributed by atoms with van der Waals surface area (Å²) in [6.07, 6.45) is 9.29. The van der Waals surface area contributed by atoms with Crippen molar-refractivity contribution in [3.8, 4) is 0 Å². The van der Waals surface area contributed by atoms with Crippen LogP contribution in [-0.2, 0) is 9.47 Å². The van der Waals surface area contributed by atoms with E-state index in [0.29, 0.717) is 5.92 Å². The molecule has 4 heteroatoms. The maximum absolute atomic E-state index is 10.5. The molecule has 0 aromatic rings. The van der Waals surface area contributed by atoms with Gasteiger partial charge in [-0.25, -0.2) is 0 Å². The normalized spacial score (nSPS) is 49.9. The third-order valence-corrected chi connectivity index (χ3v) is 9.24. The first-order valence-electron chi connectivity index (χ1n) is 11.5. The zero-order valence-electron chi connectivity index (χ0n) is 17.5. The van der Waals surface area contributed by atoms with Crippen LogP contribution in [0.1, 0.15) is 78.6 Å². The average molecular weight is 381 g/mol. The van der Waals surface area contributed by atoms with E-state index in [9.17, 15) is 10.2 Å². The summed E-state index contributed by atoms with van der Waals surface area (Å²) in [6.45, 7) is 7.73. The summed E-state index contributed by atoms with van der Waals surface area (Å²) in [5.41, 5.74) is 0.113. The van der Waals surface area contributed by atoms with Crippen LogP contribution in [0.15, 0.2) is 0 Å². The molecular formula is C23H40O4. The highest BCUT2D eigenvalue weighted by Crippen LogP contribution is 2.58. The first kappa shape index (κ1) is 20.1. The molecule has 27 heavy (non-hydrogen) atoms. The molecule has 0 aromatic heterocycles. The second-order valence-corrected chi connectivity index (χ2v) is 10.3. The molecular weight excluding hydrogens is 340 g/mol. The highest BCUT2D eigenvalue weighted by molar-refractivity contribution is 5.01. The van der Waals surface area contributed by atoms with E-state index in [1.165, 1.54) is 32.1 Å². The third kappa shape index (κ3) is 3.72. The molecule has 3 saturated carbocycles. The number of aliphatic hydroxyl groups excluding tert-OH is 2. The number of hydrogen-bond donors (Lipinski definition) is 2. The van der Waals surface area contributed by atoms with Gasteiger partial charge in [-0.3, -0.25) is 0 Å². The molecule has 1 saturated heterocycles. The van der Waals surface area contributed by atoms with Gasteiger partial charge in [-0.15, -0.1) is 0 Å². The fourth-order valence-electron chi connectivity index (χ4n) is 7.19. The van der Waals surface area contributed by atoms with Crippen molar-refractivity contribution in [3.63, 3.8) is 0 Å². The van der Waals surface area contributed by atoms with Crippen LogP contribution in [0.25, 0.3) is 0 Å². The van der Waals surface area contributed by atoms with E-state index < -0.39 is 6.29 Å². The first-order chi connectivity index (χ1) is 12.9. The van der Waals surface area contributed by atoms with Gasteiger partial charge >= 0.3 is 0 Å². The smallest absolute Gasteiger partial charge is 0.181 e. The van der Waals surface area contributed by atoms with Gasteiger partial charge in [-0.05, 0) is 99.7 Å². The van der Waals surface area contributed by atoms with Gasteiger partial charge in [0.15, 0.2) is 6.29 Å². The first-order valence-corrected chi connectivity index (χ1v) is 11.5. The highest BCUT2D eigenvalue weighted by Gasteiger charge is 2.52. The van der Waals surface area contributed by atoms with E-state index in [2.05, 4.69) is 20.8 Å². The minimum Gasteiger partial charge on any atom is -0.393 e. The van der Waals surface area contributed by atoms with Crippen molar-refractivity contribution in [2.45, 2.75) is 103 Å². The van der Waals surface area contributed by atoms with Gasteiger partial charge in [0.2, 0.25) is 0 Å². The molecule has 10 atom stereocenters. The molecule has 0 radical (unpaired) electrons. The van der Waals surface area contributed by atoms with Gasteiger partial charge in [-0.1, -0.05) is 13.8 Å². The van der Waals surface area contributed by atoms with Crippen LogP contribution in [-0.4, -0.2) is 41.4 Å². The molecule has 4 aliphatic rings. The number of rotatable bonds is 4.